The van der Waals surface area contributed by atoms with Crippen molar-refractivity contribution in [1.82, 2.24) is 9.55 Å². The van der Waals surface area contributed by atoms with Crippen molar-refractivity contribution < 1.29 is 24.2 Å². The number of nitrogens with zero attached hydrogens (tertiary/aromatic N) is 3. The van der Waals surface area contributed by atoms with Crippen LogP contribution in [0.4, 0.5) is 5.95 Å². The van der Waals surface area contributed by atoms with Crippen molar-refractivity contribution in [1.29, 1.82) is 0 Å². The van der Waals surface area contributed by atoms with E-state index in [9.17, 15) is 14.7 Å². The Morgan fingerprint density at radius 3 is 2.56 bits per heavy atom. The number of anilines is 1. The summed E-state index contributed by atoms with van der Waals surface area (Å²) in [5.74, 6) is -1.43. The second-order valence-electron chi connectivity index (χ2n) is 8.60. The summed E-state index contributed by atoms with van der Waals surface area (Å²) in [6.45, 7) is 2.22. The molecule has 1 N–H and O–H groups in total. The van der Waals surface area contributed by atoms with E-state index >= 15 is 0 Å². The molecule has 8 heteroatoms. The third kappa shape index (κ3) is 4.04. The molecule has 1 aliphatic heterocycles. The van der Waals surface area contributed by atoms with Crippen molar-refractivity contribution in [3.63, 3.8) is 0 Å². The summed E-state index contributed by atoms with van der Waals surface area (Å²) >= 11 is 0. The summed E-state index contributed by atoms with van der Waals surface area (Å²) in [6, 6.07) is 21.6. The van der Waals surface area contributed by atoms with Crippen LogP contribution in [0, 0.1) is 5.92 Å². The fourth-order valence-corrected chi connectivity index (χ4v) is 4.82. The number of aromatic nitrogens is 2. The van der Waals surface area contributed by atoms with Crippen LogP contribution in [0.5, 0.6) is 11.5 Å². The highest BCUT2D eigenvalue weighted by Gasteiger charge is 2.47. The smallest absolute Gasteiger partial charge is 0.321 e. The molecule has 0 spiro atoms. The maximum Gasteiger partial charge on any atom is 0.321 e. The average molecular weight is 486 g/mol. The van der Waals surface area contributed by atoms with Crippen LogP contribution >= 0.6 is 0 Å². The van der Waals surface area contributed by atoms with Gasteiger partial charge in [0.15, 0.2) is 17.4 Å². The van der Waals surface area contributed by atoms with E-state index in [1.165, 1.54) is 13.2 Å². The minimum Gasteiger partial charge on any atom is -0.504 e. The van der Waals surface area contributed by atoms with Gasteiger partial charge in [-0.3, -0.25) is 14.5 Å². The van der Waals surface area contributed by atoms with Gasteiger partial charge in [-0.25, -0.2) is 4.98 Å². The van der Waals surface area contributed by atoms with Crippen molar-refractivity contribution >= 4 is 28.9 Å². The van der Waals surface area contributed by atoms with Gasteiger partial charge < -0.3 is 19.1 Å². The molecule has 0 aliphatic carbocycles. The molecule has 5 rings (SSSR count). The average Bonchev–Trinajstić information content (AvgIpc) is 3.28. The number of carbonyl (C=O) groups is 2. The number of aromatic hydroxyl groups is 1. The summed E-state index contributed by atoms with van der Waals surface area (Å²) in [7, 11) is 1.46. The number of phenolic OH excluding ortho intramolecular Hbond substituents is 1. The number of phenols is 1. The maximum atomic E-state index is 14.0. The minimum atomic E-state index is -1.14. The Bertz CT molecular complexity index is 1420. The van der Waals surface area contributed by atoms with Gasteiger partial charge in [-0.15, -0.1) is 0 Å². The quantitative estimate of drug-likeness (QED) is 0.313. The van der Waals surface area contributed by atoms with E-state index in [1.807, 2.05) is 59.2 Å². The summed E-state index contributed by atoms with van der Waals surface area (Å²) in [5, 5.41) is 10.2. The molecule has 0 saturated carbocycles. The molecule has 2 atom stereocenters. The standard InChI is InChI=1S/C28H27N3O5/c1-3-36-27(34)24-25(19-13-14-22(32)23(17-19)35-2)31-21-12-8-7-11-20(21)29-28(31)30(26(24)33)16-15-18-9-5-4-6-10-18/h4-14,17,24-25,32H,3,15-16H2,1-2H3. The molecule has 4 aromatic rings. The summed E-state index contributed by atoms with van der Waals surface area (Å²) in [5.41, 5.74) is 3.20. The lowest BCUT2D eigenvalue weighted by atomic mass is 9.89. The lowest BCUT2D eigenvalue weighted by molar-refractivity contribution is -0.153. The van der Waals surface area contributed by atoms with Crippen LogP contribution in [-0.4, -0.2) is 46.8 Å². The summed E-state index contributed by atoms with van der Waals surface area (Å²) < 4.78 is 12.6. The fourth-order valence-electron chi connectivity index (χ4n) is 4.82. The predicted octanol–water partition coefficient (Wildman–Crippen LogP) is 4.11. The Balaban J connectivity index is 1.70. The molecule has 8 nitrogen and oxygen atoms in total. The molecule has 3 aromatic carbocycles. The van der Waals surface area contributed by atoms with Crippen molar-refractivity contribution in [3.8, 4) is 11.5 Å². The number of ether oxygens (including phenoxy) is 2. The van der Waals surface area contributed by atoms with Crippen molar-refractivity contribution in [3.05, 3.63) is 83.9 Å². The number of imidazole rings is 1. The van der Waals surface area contributed by atoms with Crippen molar-refractivity contribution in [2.45, 2.75) is 19.4 Å². The van der Waals surface area contributed by atoms with Crippen LogP contribution in [0.15, 0.2) is 72.8 Å². The number of hydrogen-bond acceptors (Lipinski definition) is 6. The van der Waals surface area contributed by atoms with E-state index in [0.717, 1.165) is 11.1 Å². The SMILES string of the molecule is CCOC(=O)C1C(=O)N(CCc2ccccc2)c2nc3ccccc3n2C1c1ccc(O)c(OC)c1. The monoisotopic (exact) mass is 485 g/mol. The molecule has 0 fully saturated rings. The Hall–Kier alpha value is -4.33. The first-order valence-corrected chi connectivity index (χ1v) is 11.9. The van der Waals surface area contributed by atoms with Crippen LogP contribution < -0.4 is 9.64 Å². The molecule has 0 radical (unpaired) electrons. The third-order valence-corrected chi connectivity index (χ3v) is 6.50. The third-order valence-electron chi connectivity index (χ3n) is 6.50. The largest absolute Gasteiger partial charge is 0.504 e. The highest BCUT2D eigenvalue weighted by molar-refractivity contribution is 6.08. The van der Waals surface area contributed by atoms with Gasteiger partial charge in [-0.1, -0.05) is 48.5 Å². The van der Waals surface area contributed by atoms with Crippen molar-refractivity contribution in [2.24, 2.45) is 5.92 Å². The van der Waals surface area contributed by atoms with Crippen LogP contribution in [0.2, 0.25) is 0 Å². The number of hydrogen-bond donors (Lipinski definition) is 1. The van der Waals surface area contributed by atoms with Gasteiger partial charge in [0.05, 0.1) is 30.8 Å². The molecular formula is C28H27N3O5. The van der Waals surface area contributed by atoms with E-state index in [-0.39, 0.29) is 24.0 Å². The highest BCUT2D eigenvalue weighted by Crippen LogP contribution is 2.43. The molecule has 1 aliphatic rings. The van der Waals surface area contributed by atoms with Gasteiger partial charge >= 0.3 is 5.97 Å². The minimum absolute atomic E-state index is 0.0312. The van der Waals surface area contributed by atoms with Crippen LogP contribution in [0.1, 0.15) is 24.1 Å². The zero-order chi connectivity index (χ0) is 25.2. The number of benzene rings is 3. The van der Waals surface area contributed by atoms with Crippen LogP contribution in [0.25, 0.3) is 11.0 Å². The molecule has 184 valence electrons. The number of methoxy groups -OCH3 is 1. The molecule has 2 unspecified atom stereocenters. The van der Waals surface area contributed by atoms with E-state index in [1.54, 1.807) is 24.0 Å². The molecule has 1 amide bonds. The number of amides is 1. The zero-order valence-corrected chi connectivity index (χ0v) is 20.1. The lowest BCUT2D eigenvalue weighted by Crippen LogP contribution is -2.50. The van der Waals surface area contributed by atoms with Gasteiger partial charge in [-0.05, 0) is 48.7 Å². The second-order valence-corrected chi connectivity index (χ2v) is 8.60. The van der Waals surface area contributed by atoms with Crippen LogP contribution in [0.3, 0.4) is 0 Å². The van der Waals surface area contributed by atoms with Crippen molar-refractivity contribution in [2.75, 3.05) is 25.2 Å². The molecular weight excluding hydrogens is 458 g/mol. The summed E-state index contributed by atoms with van der Waals surface area (Å²) in [6.07, 6.45) is 0.600. The zero-order valence-electron chi connectivity index (χ0n) is 20.1. The van der Waals surface area contributed by atoms with Crippen LogP contribution in [-0.2, 0) is 20.7 Å². The van der Waals surface area contributed by atoms with E-state index in [0.29, 0.717) is 30.0 Å². The first-order chi connectivity index (χ1) is 17.5. The van der Waals surface area contributed by atoms with Gasteiger partial charge in [0, 0.05) is 6.54 Å². The Labute approximate surface area is 208 Å². The topological polar surface area (TPSA) is 93.9 Å². The second kappa shape index (κ2) is 9.73. The fraction of sp³-hybridized carbons (Fsp3) is 0.250. The highest BCUT2D eigenvalue weighted by atomic mass is 16.5. The van der Waals surface area contributed by atoms with Gasteiger partial charge in [-0.2, -0.15) is 0 Å². The molecule has 2 heterocycles. The van der Waals surface area contributed by atoms with E-state index in [4.69, 9.17) is 14.5 Å². The van der Waals surface area contributed by atoms with E-state index in [2.05, 4.69) is 0 Å². The molecule has 1 aromatic heterocycles. The Kier molecular flexibility index (Phi) is 6.33. The molecule has 0 saturated heterocycles. The van der Waals surface area contributed by atoms with E-state index < -0.39 is 17.9 Å². The number of esters is 1. The number of fused-ring (bicyclic) bond motifs is 3. The van der Waals surface area contributed by atoms with Gasteiger partial charge in [0.1, 0.15) is 0 Å². The molecule has 36 heavy (non-hydrogen) atoms. The first kappa shape index (κ1) is 23.4. The number of carbonyl (C=O) groups excluding carboxylic acids is 2. The van der Waals surface area contributed by atoms with Gasteiger partial charge in [0.2, 0.25) is 11.9 Å². The normalized spacial score (nSPS) is 17.2. The lowest BCUT2D eigenvalue weighted by Gasteiger charge is -2.38. The maximum absolute atomic E-state index is 14.0. The van der Waals surface area contributed by atoms with Gasteiger partial charge in [0.25, 0.3) is 0 Å². The predicted molar refractivity (Wildman–Crippen MR) is 135 cm³/mol. The number of rotatable bonds is 7. The first-order valence-electron chi connectivity index (χ1n) is 11.9. The Morgan fingerprint density at radius 2 is 1.81 bits per heavy atom. The number of para-hydroxylation sites is 2. The Morgan fingerprint density at radius 1 is 1.06 bits per heavy atom. The summed E-state index contributed by atoms with van der Waals surface area (Å²) in [4.78, 5) is 33.7. The molecule has 0 bridgehead atoms.